The molecule has 180 valence electrons. The van der Waals surface area contributed by atoms with Crippen molar-refractivity contribution in [1.29, 1.82) is 0 Å². The third-order valence-corrected chi connectivity index (χ3v) is 5.46. The van der Waals surface area contributed by atoms with Gasteiger partial charge in [-0.25, -0.2) is 9.69 Å². The molecule has 0 spiro atoms. The molecular formula is C25H21F3N4O3. The molecule has 1 aliphatic rings. The number of nitrogens with zero attached hydrogens (tertiary/aromatic N) is 2. The molecule has 0 unspecified atom stereocenters. The van der Waals surface area contributed by atoms with E-state index >= 15 is 0 Å². The van der Waals surface area contributed by atoms with Crippen LogP contribution in [0, 0.1) is 0 Å². The fourth-order valence-electron chi connectivity index (χ4n) is 3.73. The lowest BCUT2D eigenvalue weighted by atomic mass is 10.1. The van der Waals surface area contributed by atoms with Crippen LogP contribution in [0.4, 0.5) is 23.7 Å². The fourth-order valence-corrected chi connectivity index (χ4v) is 3.73. The highest BCUT2D eigenvalue weighted by Gasteiger charge is 2.35. The van der Waals surface area contributed by atoms with Crippen molar-refractivity contribution in [3.05, 3.63) is 89.4 Å². The SMILES string of the molecule is CCc1ccccc1NC(=O)CN1C(=O)N/C(=C/c2cccn2-c2cccc(C(F)(F)F)c2)C1=O. The van der Waals surface area contributed by atoms with Gasteiger partial charge < -0.3 is 15.2 Å². The number of para-hydroxylation sites is 1. The highest BCUT2D eigenvalue weighted by Crippen LogP contribution is 2.31. The molecule has 1 aromatic heterocycles. The van der Waals surface area contributed by atoms with Gasteiger partial charge >= 0.3 is 12.2 Å². The maximum Gasteiger partial charge on any atom is 0.416 e. The Balaban J connectivity index is 1.52. The van der Waals surface area contributed by atoms with E-state index in [4.69, 9.17) is 0 Å². The summed E-state index contributed by atoms with van der Waals surface area (Å²) in [6, 6.07) is 14.4. The summed E-state index contributed by atoms with van der Waals surface area (Å²) < 4.78 is 40.8. The van der Waals surface area contributed by atoms with Crippen LogP contribution in [0.25, 0.3) is 11.8 Å². The van der Waals surface area contributed by atoms with Gasteiger partial charge in [0.1, 0.15) is 12.2 Å². The van der Waals surface area contributed by atoms with E-state index in [1.165, 1.54) is 22.8 Å². The van der Waals surface area contributed by atoms with Gasteiger partial charge in [0.05, 0.1) is 5.56 Å². The van der Waals surface area contributed by atoms with Crippen LogP contribution in [-0.2, 0) is 22.2 Å². The molecule has 0 aliphatic carbocycles. The van der Waals surface area contributed by atoms with Crippen LogP contribution in [0.15, 0.2) is 72.6 Å². The van der Waals surface area contributed by atoms with Crippen molar-refractivity contribution in [1.82, 2.24) is 14.8 Å². The van der Waals surface area contributed by atoms with E-state index in [0.29, 0.717) is 17.8 Å². The summed E-state index contributed by atoms with van der Waals surface area (Å²) in [6.07, 6.45) is -0.918. The summed E-state index contributed by atoms with van der Waals surface area (Å²) in [4.78, 5) is 38.5. The predicted octanol–water partition coefficient (Wildman–Crippen LogP) is 4.59. The first-order valence-electron chi connectivity index (χ1n) is 10.7. The Hall–Kier alpha value is -4.34. The van der Waals surface area contributed by atoms with Gasteiger partial charge in [-0.05, 0) is 54.5 Å². The van der Waals surface area contributed by atoms with Gasteiger partial charge in [0.15, 0.2) is 0 Å². The Morgan fingerprint density at radius 1 is 1.06 bits per heavy atom. The number of hydrogen-bond acceptors (Lipinski definition) is 3. The molecule has 35 heavy (non-hydrogen) atoms. The van der Waals surface area contributed by atoms with Gasteiger partial charge in [0, 0.05) is 23.3 Å². The van der Waals surface area contributed by atoms with Gasteiger partial charge in [-0.15, -0.1) is 0 Å². The first-order chi connectivity index (χ1) is 16.7. The molecule has 3 aromatic rings. The molecule has 2 N–H and O–H groups in total. The molecule has 4 amide bonds. The van der Waals surface area contributed by atoms with E-state index in [0.717, 1.165) is 22.6 Å². The second-order valence-corrected chi connectivity index (χ2v) is 7.79. The zero-order valence-corrected chi connectivity index (χ0v) is 18.6. The van der Waals surface area contributed by atoms with Gasteiger partial charge in [-0.3, -0.25) is 9.59 Å². The minimum absolute atomic E-state index is 0.0938. The van der Waals surface area contributed by atoms with Crippen molar-refractivity contribution in [2.75, 3.05) is 11.9 Å². The number of aryl methyl sites for hydroxylation is 1. The summed E-state index contributed by atoms with van der Waals surface area (Å²) in [7, 11) is 0. The first-order valence-corrected chi connectivity index (χ1v) is 10.7. The molecule has 1 fully saturated rings. The number of hydrogen-bond donors (Lipinski definition) is 2. The van der Waals surface area contributed by atoms with Crippen LogP contribution in [0.5, 0.6) is 0 Å². The topological polar surface area (TPSA) is 83.4 Å². The van der Waals surface area contributed by atoms with Crippen LogP contribution in [0.3, 0.4) is 0 Å². The van der Waals surface area contributed by atoms with Gasteiger partial charge in [0.25, 0.3) is 5.91 Å². The van der Waals surface area contributed by atoms with E-state index in [-0.39, 0.29) is 11.4 Å². The summed E-state index contributed by atoms with van der Waals surface area (Å²) in [5, 5.41) is 5.13. The van der Waals surface area contributed by atoms with E-state index in [2.05, 4.69) is 10.6 Å². The van der Waals surface area contributed by atoms with Crippen molar-refractivity contribution in [2.45, 2.75) is 19.5 Å². The largest absolute Gasteiger partial charge is 0.416 e. The number of nitrogens with one attached hydrogen (secondary N) is 2. The van der Waals surface area contributed by atoms with Crippen LogP contribution in [-0.4, -0.2) is 33.9 Å². The number of benzene rings is 2. The zero-order valence-electron chi connectivity index (χ0n) is 18.6. The number of carbonyl (C=O) groups excluding carboxylic acids is 3. The summed E-state index contributed by atoms with van der Waals surface area (Å²) in [5.74, 6) is -1.26. The number of halogens is 3. The molecule has 0 radical (unpaired) electrons. The van der Waals surface area contributed by atoms with Crippen LogP contribution < -0.4 is 10.6 Å². The average Bonchev–Trinajstić information content (AvgIpc) is 3.39. The standard InChI is InChI=1S/C25H21F3N4O3/c1-2-16-7-3-4-11-20(16)29-22(33)15-32-23(34)21(30-24(32)35)14-19-10-6-12-31(19)18-9-5-8-17(13-18)25(26,27)28/h3-14H,2,15H2,1H3,(H,29,33)(H,30,35)/b21-14+. The quantitative estimate of drug-likeness (QED) is 0.398. The Morgan fingerprint density at radius 3 is 2.57 bits per heavy atom. The summed E-state index contributed by atoms with van der Waals surface area (Å²) in [5.41, 5.74) is 1.21. The average molecular weight is 482 g/mol. The second kappa shape index (κ2) is 9.49. The number of anilines is 1. The number of urea groups is 1. The lowest BCUT2D eigenvalue weighted by Crippen LogP contribution is -2.38. The zero-order chi connectivity index (χ0) is 25.2. The van der Waals surface area contributed by atoms with E-state index in [1.807, 2.05) is 19.1 Å². The van der Waals surface area contributed by atoms with E-state index < -0.39 is 36.1 Å². The highest BCUT2D eigenvalue weighted by molar-refractivity contribution is 6.15. The number of alkyl halides is 3. The second-order valence-electron chi connectivity index (χ2n) is 7.79. The lowest BCUT2D eigenvalue weighted by molar-refractivity contribution is -0.137. The van der Waals surface area contributed by atoms with Crippen molar-refractivity contribution in [2.24, 2.45) is 0 Å². The Kier molecular flexibility index (Phi) is 6.46. The van der Waals surface area contributed by atoms with Gasteiger partial charge in [0.2, 0.25) is 5.91 Å². The third-order valence-electron chi connectivity index (χ3n) is 5.46. The molecule has 0 saturated carbocycles. The molecule has 1 aliphatic heterocycles. The molecule has 7 nitrogen and oxygen atoms in total. The molecule has 2 heterocycles. The van der Waals surface area contributed by atoms with Gasteiger partial charge in [-0.2, -0.15) is 13.2 Å². The van der Waals surface area contributed by atoms with Crippen LogP contribution in [0.2, 0.25) is 0 Å². The maximum atomic E-state index is 13.1. The molecule has 0 bridgehead atoms. The fraction of sp³-hybridized carbons (Fsp3) is 0.160. The van der Waals surface area contributed by atoms with E-state index in [9.17, 15) is 27.6 Å². The first kappa shape index (κ1) is 23.8. The number of rotatable bonds is 6. The number of carbonyl (C=O) groups is 3. The highest BCUT2D eigenvalue weighted by atomic mass is 19.4. The Bertz CT molecular complexity index is 1330. The monoisotopic (exact) mass is 482 g/mol. The molecule has 1 saturated heterocycles. The molecule has 2 aromatic carbocycles. The minimum atomic E-state index is -4.50. The minimum Gasteiger partial charge on any atom is -0.324 e. The molecule has 0 atom stereocenters. The number of amides is 4. The summed E-state index contributed by atoms with van der Waals surface area (Å²) >= 11 is 0. The Labute approximate surface area is 198 Å². The summed E-state index contributed by atoms with van der Waals surface area (Å²) in [6.45, 7) is 1.45. The third kappa shape index (κ3) is 5.11. The molecule has 4 rings (SSSR count). The van der Waals surface area contributed by atoms with Crippen molar-refractivity contribution < 1.29 is 27.6 Å². The number of imide groups is 1. The van der Waals surface area contributed by atoms with E-state index in [1.54, 1.807) is 30.5 Å². The Morgan fingerprint density at radius 2 is 1.83 bits per heavy atom. The van der Waals surface area contributed by atoms with Crippen LogP contribution >= 0.6 is 0 Å². The predicted molar refractivity (Wildman–Crippen MR) is 123 cm³/mol. The normalized spacial score (nSPS) is 15.0. The number of aromatic nitrogens is 1. The van der Waals surface area contributed by atoms with Gasteiger partial charge in [-0.1, -0.05) is 31.2 Å². The lowest BCUT2D eigenvalue weighted by Gasteiger charge is -2.13. The molecule has 10 heteroatoms. The smallest absolute Gasteiger partial charge is 0.324 e. The van der Waals surface area contributed by atoms with Crippen molar-refractivity contribution >= 4 is 29.6 Å². The maximum absolute atomic E-state index is 13.1. The van der Waals surface area contributed by atoms with Crippen LogP contribution in [0.1, 0.15) is 23.7 Å². The van der Waals surface area contributed by atoms with Crippen molar-refractivity contribution in [3.63, 3.8) is 0 Å². The molecular weight excluding hydrogens is 461 g/mol. The van der Waals surface area contributed by atoms with Crippen molar-refractivity contribution in [3.8, 4) is 5.69 Å².